The van der Waals surface area contributed by atoms with Gasteiger partial charge in [-0.05, 0) is 30.4 Å². The van der Waals surface area contributed by atoms with Gasteiger partial charge in [0, 0.05) is 6.42 Å². The highest BCUT2D eigenvalue weighted by atomic mass is 16.4. The van der Waals surface area contributed by atoms with Gasteiger partial charge in [0.05, 0.1) is 6.54 Å². The topological polar surface area (TPSA) is 79.5 Å². The van der Waals surface area contributed by atoms with Crippen LogP contribution in [0, 0.1) is 5.41 Å². The minimum atomic E-state index is -1.11. The molecular weight excluding hydrogens is 246 g/mol. The Morgan fingerprint density at radius 2 is 2.00 bits per heavy atom. The molecule has 0 fully saturated rings. The van der Waals surface area contributed by atoms with Crippen molar-refractivity contribution in [2.45, 2.75) is 46.6 Å². The number of amides is 1. The summed E-state index contributed by atoms with van der Waals surface area (Å²) in [5.74, 6) is -0.821. The van der Waals surface area contributed by atoms with Gasteiger partial charge in [-0.25, -0.2) is 4.79 Å². The van der Waals surface area contributed by atoms with Gasteiger partial charge in [0.1, 0.15) is 5.76 Å². The van der Waals surface area contributed by atoms with Crippen molar-refractivity contribution < 1.29 is 19.1 Å². The third kappa shape index (κ3) is 6.08. The van der Waals surface area contributed by atoms with E-state index in [1.807, 2.05) is 0 Å². The molecular formula is C14H21NO4. The Hall–Kier alpha value is -1.78. The Balaban J connectivity index is 2.28. The Morgan fingerprint density at radius 3 is 2.53 bits per heavy atom. The lowest BCUT2D eigenvalue weighted by Crippen LogP contribution is -2.22. The molecule has 0 unspecified atom stereocenters. The predicted molar refractivity (Wildman–Crippen MR) is 70.8 cm³/mol. The molecule has 1 amide bonds. The molecule has 19 heavy (non-hydrogen) atoms. The summed E-state index contributed by atoms with van der Waals surface area (Å²) < 4.78 is 5.04. The third-order valence-corrected chi connectivity index (χ3v) is 2.66. The number of hydrogen-bond acceptors (Lipinski definition) is 3. The Kier molecular flexibility index (Phi) is 5.15. The quantitative estimate of drug-likeness (QED) is 0.830. The second-order valence-electron chi connectivity index (χ2n) is 5.76. The van der Waals surface area contributed by atoms with E-state index in [0.29, 0.717) is 12.2 Å². The van der Waals surface area contributed by atoms with Crippen molar-refractivity contribution in [3.63, 3.8) is 0 Å². The van der Waals surface area contributed by atoms with Crippen LogP contribution < -0.4 is 5.32 Å². The molecule has 0 aliphatic heterocycles. The Morgan fingerprint density at radius 1 is 1.32 bits per heavy atom. The van der Waals surface area contributed by atoms with Crippen LogP contribution in [0.2, 0.25) is 0 Å². The van der Waals surface area contributed by atoms with E-state index in [1.54, 1.807) is 6.07 Å². The molecule has 0 bridgehead atoms. The molecule has 5 nitrogen and oxygen atoms in total. The second-order valence-corrected chi connectivity index (χ2v) is 5.76. The minimum absolute atomic E-state index is 0.0440. The van der Waals surface area contributed by atoms with E-state index in [-0.39, 0.29) is 23.6 Å². The fraction of sp³-hybridized carbons (Fsp3) is 0.571. The number of carboxylic acids is 1. The highest BCUT2D eigenvalue weighted by Crippen LogP contribution is 2.21. The molecule has 0 aliphatic carbocycles. The number of nitrogens with one attached hydrogen (secondary N) is 1. The van der Waals surface area contributed by atoms with Gasteiger partial charge in [0.25, 0.3) is 0 Å². The SMILES string of the molecule is CC(C)(C)CCCC(=O)NCc1ccc(C(=O)O)o1. The molecule has 0 aromatic carbocycles. The number of hydrogen-bond donors (Lipinski definition) is 2. The van der Waals surface area contributed by atoms with E-state index in [4.69, 9.17) is 9.52 Å². The van der Waals surface area contributed by atoms with Crippen molar-refractivity contribution in [3.8, 4) is 0 Å². The maximum atomic E-state index is 11.6. The number of carboxylic acid groups (broad SMARTS) is 1. The summed E-state index contributed by atoms with van der Waals surface area (Å²) in [7, 11) is 0. The second kappa shape index (κ2) is 6.41. The third-order valence-electron chi connectivity index (χ3n) is 2.66. The molecule has 1 aromatic heterocycles. The molecule has 0 saturated heterocycles. The summed E-state index contributed by atoms with van der Waals surface area (Å²) in [6.45, 7) is 6.64. The molecule has 0 saturated carbocycles. The van der Waals surface area contributed by atoms with Crippen molar-refractivity contribution in [1.29, 1.82) is 0 Å². The number of carbonyl (C=O) groups is 2. The zero-order valence-electron chi connectivity index (χ0n) is 11.7. The average molecular weight is 267 g/mol. The first-order chi connectivity index (χ1) is 8.78. The summed E-state index contributed by atoms with van der Waals surface area (Å²) in [4.78, 5) is 22.2. The highest BCUT2D eigenvalue weighted by molar-refractivity contribution is 5.84. The minimum Gasteiger partial charge on any atom is -0.475 e. The summed E-state index contributed by atoms with van der Waals surface area (Å²) >= 11 is 0. The number of carbonyl (C=O) groups excluding carboxylic acids is 1. The molecule has 1 rings (SSSR count). The van der Waals surface area contributed by atoms with Crippen LogP contribution in [-0.2, 0) is 11.3 Å². The average Bonchev–Trinajstić information content (AvgIpc) is 2.73. The maximum absolute atomic E-state index is 11.6. The van der Waals surface area contributed by atoms with Crippen LogP contribution in [0.3, 0.4) is 0 Å². The van der Waals surface area contributed by atoms with Gasteiger partial charge in [0.2, 0.25) is 11.7 Å². The van der Waals surface area contributed by atoms with Crippen LogP contribution in [0.1, 0.15) is 56.3 Å². The van der Waals surface area contributed by atoms with E-state index in [2.05, 4.69) is 26.1 Å². The van der Waals surface area contributed by atoms with Gasteiger partial charge in [-0.15, -0.1) is 0 Å². The fourth-order valence-electron chi connectivity index (χ4n) is 1.64. The van der Waals surface area contributed by atoms with Gasteiger partial charge in [0.15, 0.2) is 0 Å². The van der Waals surface area contributed by atoms with Crippen LogP contribution in [0.4, 0.5) is 0 Å². The lowest BCUT2D eigenvalue weighted by Gasteiger charge is -2.17. The lowest BCUT2D eigenvalue weighted by atomic mass is 9.90. The summed E-state index contributed by atoms with van der Waals surface area (Å²) in [6.07, 6.45) is 2.31. The van der Waals surface area contributed by atoms with Gasteiger partial charge in [-0.2, -0.15) is 0 Å². The standard InChI is InChI=1S/C14H21NO4/c1-14(2,3)8-4-5-12(16)15-9-10-6-7-11(19-10)13(17)18/h6-7H,4-5,8-9H2,1-3H3,(H,15,16)(H,17,18). The summed E-state index contributed by atoms with van der Waals surface area (Å²) in [6, 6.07) is 2.93. The predicted octanol–water partition coefficient (Wildman–Crippen LogP) is 2.81. The summed E-state index contributed by atoms with van der Waals surface area (Å²) in [5, 5.41) is 11.4. The maximum Gasteiger partial charge on any atom is 0.371 e. The van der Waals surface area contributed by atoms with E-state index < -0.39 is 5.97 Å². The van der Waals surface area contributed by atoms with Crippen LogP contribution in [0.15, 0.2) is 16.5 Å². The molecule has 1 heterocycles. The van der Waals surface area contributed by atoms with Crippen molar-refractivity contribution >= 4 is 11.9 Å². The van der Waals surface area contributed by atoms with Crippen LogP contribution >= 0.6 is 0 Å². The molecule has 1 aromatic rings. The molecule has 0 spiro atoms. The van der Waals surface area contributed by atoms with Crippen molar-refractivity contribution in [2.24, 2.45) is 5.41 Å². The van der Waals surface area contributed by atoms with Gasteiger partial charge >= 0.3 is 5.97 Å². The van der Waals surface area contributed by atoms with Crippen LogP contribution in [0.5, 0.6) is 0 Å². The molecule has 0 radical (unpaired) electrons. The van der Waals surface area contributed by atoms with E-state index in [0.717, 1.165) is 12.8 Å². The molecule has 2 N–H and O–H groups in total. The van der Waals surface area contributed by atoms with E-state index in [1.165, 1.54) is 6.07 Å². The first-order valence-corrected chi connectivity index (χ1v) is 6.37. The highest BCUT2D eigenvalue weighted by Gasteiger charge is 2.12. The summed E-state index contributed by atoms with van der Waals surface area (Å²) in [5.41, 5.74) is 0.234. The lowest BCUT2D eigenvalue weighted by molar-refractivity contribution is -0.121. The Bertz CT molecular complexity index is 443. The zero-order chi connectivity index (χ0) is 14.5. The number of aromatic carboxylic acids is 1. The smallest absolute Gasteiger partial charge is 0.371 e. The van der Waals surface area contributed by atoms with Crippen molar-refractivity contribution in [2.75, 3.05) is 0 Å². The fourth-order valence-corrected chi connectivity index (χ4v) is 1.64. The van der Waals surface area contributed by atoms with Crippen molar-refractivity contribution in [1.82, 2.24) is 5.32 Å². The number of rotatable bonds is 6. The molecule has 0 aliphatic rings. The van der Waals surface area contributed by atoms with Gasteiger partial charge in [-0.3, -0.25) is 4.79 Å². The van der Waals surface area contributed by atoms with Gasteiger partial charge in [-0.1, -0.05) is 20.8 Å². The van der Waals surface area contributed by atoms with Crippen LogP contribution in [-0.4, -0.2) is 17.0 Å². The van der Waals surface area contributed by atoms with E-state index in [9.17, 15) is 9.59 Å². The van der Waals surface area contributed by atoms with Gasteiger partial charge < -0.3 is 14.8 Å². The normalized spacial score (nSPS) is 11.3. The first kappa shape index (κ1) is 15.3. The Labute approximate surface area is 113 Å². The largest absolute Gasteiger partial charge is 0.475 e. The van der Waals surface area contributed by atoms with Crippen LogP contribution in [0.25, 0.3) is 0 Å². The zero-order valence-corrected chi connectivity index (χ0v) is 11.7. The molecule has 0 atom stereocenters. The number of furan rings is 1. The molecule has 5 heteroatoms. The van der Waals surface area contributed by atoms with E-state index >= 15 is 0 Å². The van der Waals surface area contributed by atoms with Crippen molar-refractivity contribution in [3.05, 3.63) is 23.7 Å². The molecule has 106 valence electrons. The first-order valence-electron chi connectivity index (χ1n) is 6.37. The monoisotopic (exact) mass is 267 g/mol.